The van der Waals surface area contributed by atoms with Gasteiger partial charge in [0.15, 0.2) is 0 Å². The zero-order chi connectivity index (χ0) is 12.0. The second-order valence-electron chi connectivity index (χ2n) is 4.25. The molecule has 0 amide bonds. The van der Waals surface area contributed by atoms with Gasteiger partial charge in [0.05, 0.1) is 5.56 Å². The molecule has 0 bridgehead atoms. The lowest BCUT2D eigenvalue weighted by atomic mass is 9.95. The second-order valence-corrected chi connectivity index (χ2v) is 4.69. The van der Waals surface area contributed by atoms with Gasteiger partial charge in [-0.05, 0) is 17.7 Å². The van der Waals surface area contributed by atoms with E-state index in [1.165, 1.54) is 4.68 Å². The van der Waals surface area contributed by atoms with Gasteiger partial charge in [0, 0.05) is 24.5 Å². The van der Waals surface area contributed by atoms with Crippen molar-refractivity contribution in [2.45, 2.75) is 5.92 Å². The maximum absolute atomic E-state index is 12.0. The summed E-state index contributed by atoms with van der Waals surface area (Å²) in [6.07, 6.45) is 0. The normalized spacial score (nSPS) is 17.9. The van der Waals surface area contributed by atoms with E-state index in [-0.39, 0.29) is 11.5 Å². The quantitative estimate of drug-likeness (QED) is 0.811. The van der Waals surface area contributed by atoms with Gasteiger partial charge in [-0.2, -0.15) is 0 Å². The Morgan fingerprint density at radius 2 is 2.29 bits per heavy atom. The molecular weight excluding hydrogens is 238 g/mol. The Kier molecular flexibility index (Phi) is 2.26. The molecule has 0 aliphatic carbocycles. The van der Waals surface area contributed by atoms with Crippen LogP contribution in [-0.4, -0.2) is 16.3 Å². The number of fused-ring (bicyclic) bond motifs is 1. The number of H-pyrrole nitrogens is 1. The molecule has 1 aliphatic heterocycles. The lowest BCUT2D eigenvalue weighted by molar-refractivity contribution is 0.725. The van der Waals surface area contributed by atoms with Gasteiger partial charge >= 0.3 is 0 Å². The Morgan fingerprint density at radius 1 is 1.47 bits per heavy atom. The second kappa shape index (κ2) is 3.67. The third kappa shape index (κ3) is 1.56. The molecule has 4 nitrogen and oxygen atoms in total. The van der Waals surface area contributed by atoms with Crippen molar-refractivity contribution in [1.82, 2.24) is 9.78 Å². The maximum Gasteiger partial charge on any atom is 0.272 e. The van der Waals surface area contributed by atoms with Crippen LogP contribution in [0.15, 0.2) is 29.1 Å². The molecule has 5 heteroatoms. The molecule has 1 aromatic heterocycles. The first-order chi connectivity index (χ1) is 8.16. The molecule has 17 heavy (non-hydrogen) atoms. The Morgan fingerprint density at radius 3 is 3.06 bits per heavy atom. The molecule has 0 radical (unpaired) electrons. The molecule has 0 spiro atoms. The third-order valence-corrected chi connectivity index (χ3v) is 3.40. The van der Waals surface area contributed by atoms with Crippen LogP contribution in [0.5, 0.6) is 0 Å². The number of hydrogen-bond acceptors (Lipinski definition) is 2. The largest absolute Gasteiger partial charge is 0.369 e. The van der Waals surface area contributed by atoms with E-state index in [1.54, 1.807) is 7.05 Å². The van der Waals surface area contributed by atoms with E-state index in [4.69, 9.17) is 11.6 Å². The minimum atomic E-state index is 0.0231. The van der Waals surface area contributed by atoms with Gasteiger partial charge in [-0.1, -0.05) is 23.7 Å². The molecule has 3 rings (SSSR count). The highest BCUT2D eigenvalue weighted by Crippen LogP contribution is 2.33. The summed E-state index contributed by atoms with van der Waals surface area (Å²) in [5.41, 5.74) is 1.89. The fourth-order valence-electron chi connectivity index (χ4n) is 2.34. The van der Waals surface area contributed by atoms with E-state index in [0.29, 0.717) is 5.02 Å². The molecule has 2 aromatic rings. The molecule has 2 heterocycles. The van der Waals surface area contributed by atoms with Gasteiger partial charge < -0.3 is 5.32 Å². The summed E-state index contributed by atoms with van der Waals surface area (Å²) in [7, 11) is 1.72. The molecule has 1 aromatic carbocycles. The topological polar surface area (TPSA) is 49.8 Å². The zero-order valence-electron chi connectivity index (χ0n) is 9.33. The average Bonchev–Trinajstić information content (AvgIpc) is 2.81. The van der Waals surface area contributed by atoms with Crippen molar-refractivity contribution >= 4 is 17.4 Å². The van der Waals surface area contributed by atoms with Crippen molar-refractivity contribution < 1.29 is 0 Å². The van der Waals surface area contributed by atoms with Gasteiger partial charge in [0.1, 0.15) is 5.82 Å². The van der Waals surface area contributed by atoms with Crippen LogP contribution in [-0.2, 0) is 7.05 Å². The minimum absolute atomic E-state index is 0.0231. The SMILES string of the molecule is Cn1[nH]c2c(c1=O)[C@H](c1cccc(Cl)c1)CN2. The van der Waals surface area contributed by atoms with Crippen molar-refractivity contribution in [3.63, 3.8) is 0 Å². The van der Waals surface area contributed by atoms with Crippen LogP contribution in [0.2, 0.25) is 5.02 Å². The number of rotatable bonds is 1. The summed E-state index contributed by atoms with van der Waals surface area (Å²) in [4.78, 5) is 12.0. The average molecular weight is 250 g/mol. The van der Waals surface area contributed by atoms with Gasteiger partial charge in [-0.25, -0.2) is 0 Å². The predicted molar refractivity (Wildman–Crippen MR) is 67.8 cm³/mol. The number of aromatic nitrogens is 2. The molecule has 0 saturated heterocycles. The maximum atomic E-state index is 12.0. The van der Waals surface area contributed by atoms with Crippen LogP contribution in [0.25, 0.3) is 0 Å². The lowest BCUT2D eigenvalue weighted by Crippen LogP contribution is -2.19. The van der Waals surface area contributed by atoms with Crippen LogP contribution in [0.3, 0.4) is 0 Å². The summed E-state index contributed by atoms with van der Waals surface area (Å²) < 4.78 is 1.49. The molecule has 0 saturated carbocycles. The summed E-state index contributed by atoms with van der Waals surface area (Å²) in [5, 5.41) is 6.91. The van der Waals surface area contributed by atoms with Gasteiger partial charge in [-0.15, -0.1) is 0 Å². The number of nitrogens with one attached hydrogen (secondary N) is 2. The van der Waals surface area contributed by atoms with Gasteiger partial charge in [0.25, 0.3) is 5.56 Å². The Hall–Kier alpha value is -1.68. The number of nitrogens with zero attached hydrogens (tertiary/aromatic N) is 1. The molecule has 0 fully saturated rings. The first-order valence-corrected chi connectivity index (χ1v) is 5.83. The number of benzene rings is 1. The van der Waals surface area contributed by atoms with Crippen LogP contribution in [0.1, 0.15) is 17.0 Å². The highest BCUT2D eigenvalue weighted by Gasteiger charge is 2.29. The fourth-order valence-corrected chi connectivity index (χ4v) is 2.54. The van der Waals surface area contributed by atoms with Crippen molar-refractivity contribution in [1.29, 1.82) is 0 Å². The Labute approximate surface area is 103 Å². The standard InChI is InChI=1S/C12H12ClN3O/c1-16-12(17)10-9(6-14-11(10)15-16)7-3-2-4-8(13)5-7/h2-5,9,14-15H,6H2,1H3/t9-/m0/s1. The monoisotopic (exact) mass is 249 g/mol. The predicted octanol–water partition coefficient (Wildman–Crippen LogP) is 1.92. The smallest absolute Gasteiger partial charge is 0.272 e. The first-order valence-electron chi connectivity index (χ1n) is 5.45. The van der Waals surface area contributed by atoms with Crippen LogP contribution >= 0.6 is 11.6 Å². The van der Waals surface area contributed by atoms with Gasteiger partial charge in [0.2, 0.25) is 0 Å². The molecule has 2 N–H and O–H groups in total. The first kappa shape index (κ1) is 10.5. The van der Waals surface area contributed by atoms with Crippen molar-refractivity contribution in [2.24, 2.45) is 7.05 Å². The Bertz CT molecular complexity index is 629. The third-order valence-electron chi connectivity index (χ3n) is 3.17. The number of hydrogen-bond donors (Lipinski definition) is 2. The molecule has 88 valence electrons. The molecular formula is C12H12ClN3O. The summed E-state index contributed by atoms with van der Waals surface area (Å²) in [5.74, 6) is 0.899. The molecule has 0 unspecified atom stereocenters. The van der Waals surface area contributed by atoms with Crippen molar-refractivity contribution in [3.05, 3.63) is 50.8 Å². The minimum Gasteiger partial charge on any atom is -0.369 e. The van der Waals surface area contributed by atoms with Crippen LogP contribution in [0.4, 0.5) is 5.82 Å². The molecule has 1 aliphatic rings. The van der Waals surface area contributed by atoms with Crippen LogP contribution < -0.4 is 10.9 Å². The van der Waals surface area contributed by atoms with Crippen molar-refractivity contribution in [2.75, 3.05) is 11.9 Å². The van der Waals surface area contributed by atoms with E-state index in [2.05, 4.69) is 10.4 Å². The van der Waals surface area contributed by atoms with E-state index in [9.17, 15) is 4.79 Å². The summed E-state index contributed by atoms with van der Waals surface area (Å²) >= 11 is 5.98. The highest BCUT2D eigenvalue weighted by molar-refractivity contribution is 6.30. The Balaban J connectivity index is 2.12. The molecule has 1 atom stereocenters. The summed E-state index contributed by atoms with van der Waals surface area (Å²) in [6.45, 7) is 0.734. The highest BCUT2D eigenvalue weighted by atomic mass is 35.5. The number of aryl methyl sites for hydroxylation is 1. The fraction of sp³-hybridized carbons (Fsp3) is 0.250. The number of aromatic amines is 1. The van der Waals surface area contributed by atoms with E-state index in [1.807, 2.05) is 24.3 Å². The van der Waals surface area contributed by atoms with E-state index >= 15 is 0 Å². The van der Waals surface area contributed by atoms with E-state index < -0.39 is 0 Å². The van der Waals surface area contributed by atoms with E-state index in [0.717, 1.165) is 23.5 Å². The summed E-state index contributed by atoms with van der Waals surface area (Å²) in [6, 6.07) is 7.66. The lowest BCUT2D eigenvalue weighted by Gasteiger charge is -2.09. The zero-order valence-corrected chi connectivity index (χ0v) is 10.1. The number of halogens is 1. The van der Waals surface area contributed by atoms with Crippen molar-refractivity contribution in [3.8, 4) is 0 Å². The number of anilines is 1. The van der Waals surface area contributed by atoms with Crippen LogP contribution in [0, 0.1) is 0 Å². The van der Waals surface area contributed by atoms with Gasteiger partial charge in [-0.3, -0.25) is 14.6 Å².